The molecule has 0 atom stereocenters. The normalized spacial score (nSPS) is 1.20. The minimum Gasteiger partial charge on any atom is -0.124 e. The van der Waals surface area contributed by atoms with E-state index in [1.807, 2.05) is 0 Å². The fourth-order valence-corrected chi connectivity index (χ4v) is 0. The Morgan fingerprint density at radius 2 is 1.00 bits per heavy atom. The topological polar surface area (TPSA) is 0 Å². The van der Waals surface area contributed by atoms with E-state index in [0.717, 1.165) is 0 Å². The van der Waals surface area contributed by atoms with Gasteiger partial charge in [-0.15, -0.1) is 26.0 Å². The molecule has 0 aliphatic carbocycles. The van der Waals surface area contributed by atoms with Gasteiger partial charge in [-0.25, -0.2) is 0 Å². The van der Waals surface area contributed by atoms with Crippen LogP contribution >= 0.6 is 0 Å². The molecule has 0 N–H and O–H groups in total. The number of hydrogen-bond acceptors (Lipinski definition) is 0. The highest BCUT2D eigenvalue weighted by atomic mass is 12.7. The molecule has 0 unspecified atom stereocenters. The van der Waals surface area contributed by atoms with E-state index in [-0.39, 0.29) is 7.43 Å². The molecular formula is C5H10. The molecule has 0 rings (SSSR count). The summed E-state index contributed by atoms with van der Waals surface area (Å²) in [6.45, 7) is 6.00. The van der Waals surface area contributed by atoms with E-state index in [2.05, 4.69) is 26.0 Å². The van der Waals surface area contributed by atoms with Crippen LogP contribution in [0, 0.1) is 12.8 Å². The molecule has 0 radical (unpaired) electrons. The van der Waals surface area contributed by atoms with Gasteiger partial charge < -0.3 is 0 Å². The summed E-state index contributed by atoms with van der Waals surface area (Å²) < 4.78 is 0. The average molecular weight is 70.1 g/mol. The van der Waals surface area contributed by atoms with Crippen LogP contribution in [0.5, 0.6) is 0 Å². The molecule has 0 aliphatic rings. The number of rotatable bonds is 0. The lowest BCUT2D eigenvalue weighted by Crippen LogP contribution is -0.576. The van der Waals surface area contributed by atoms with Crippen LogP contribution in [0.2, 0.25) is 0 Å². The quantitative estimate of drug-likeness (QED) is 0.300. The van der Waals surface area contributed by atoms with Crippen LogP contribution in [0.4, 0.5) is 0 Å². The first-order valence-corrected chi connectivity index (χ1v) is 0.833. The van der Waals surface area contributed by atoms with E-state index in [0.29, 0.717) is 0 Å². The fourth-order valence-electron chi connectivity index (χ4n) is 0. The van der Waals surface area contributed by atoms with Crippen LogP contribution in [-0.4, -0.2) is 0 Å². The van der Waals surface area contributed by atoms with Gasteiger partial charge in [0.25, 0.3) is 0 Å². The van der Waals surface area contributed by atoms with E-state index in [1.165, 1.54) is 0 Å². The van der Waals surface area contributed by atoms with Crippen molar-refractivity contribution in [2.45, 2.75) is 7.43 Å². The van der Waals surface area contributed by atoms with E-state index >= 15 is 0 Å². The van der Waals surface area contributed by atoms with Gasteiger partial charge >= 0.3 is 0 Å². The summed E-state index contributed by atoms with van der Waals surface area (Å²) in [4.78, 5) is 0. The molecule has 0 aromatic heterocycles. The summed E-state index contributed by atoms with van der Waals surface area (Å²) in [7, 11) is 0. The van der Waals surface area contributed by atoms with Crippen LogP contribution in [0.15, 0.2) is 13.2 Å². The molecule has 0 heteroatoms. The maximum atomic E-state index is 4.00. The Morgan fingerprint density at radius 1 is 1.00 bits per heavy atom. The van der Waals surface area contributed by atoms with Crippen molar-refractivity contribution in [2.75, 3.05) is 0 Å². The first-order chi connectivity index (χ1) is 2.00. The highest BCUT2D eigenvalue weighted by molar-refractivity contribution is 4.47. The molecule has 0 aromatic rings. The summed E-state index contributed by atoms with van der Waals surface area (Å²) in [6, 6.07) is 0. The Bertz CT molecular complexity index is 11.2. The van der Waals surface area contributed by atoms with Crippen molar-refractivity contribution in [1.82, 2.24) is 0 Å². The van der Waals surface area contributed by atoms with Gasteiger partial charge in [0.15, 0.2) is 0 Å². The van der Waals surface area contributed by atoms with Crippen molar-refractivity contribution in [1.29, 1.82) is 0 Å². The third-order valence-corrected chi connectivity index (χ3v) is 0. The second kappa shape index (κ2) is 35.6. The van der Waals surface area contributed by atoms with Crippen molar-refractivity contribution in [3.63, 3.8) is 0 Å². The smallest absolute Gasteiger partial charge is 0.0776 e. The molecule has 0 aliphatic heterocycles. The molecule has 5 heavy (non-hydrogen) atoms. The van der Waals surface area contributed by atoms with Crippen molar-refractivity contribution in [2.24, 2.45) is 0 Å². The van der Waals surface area contributed by atoms with Gasteiger partial charge in [0.2, 0.25) is 0 Å². The SMILES string of the molecule is C.C#C.C=C. The fraction of sp³-hybridized carbons (Fsp3) is 0.200. The summed E-state index contributed by atoms with van der Waals surface area (Å²) in [5, 5.41) is 0. The number of hydrogen-bond donors (Lipinski definition) is 0. The second-order valence-electron chi connectivity index (χ2n) is 0. The zero-order valence-electron chi connectivity index (χ0n) is 2.57. The summed E-state index contributed by atoms with van der Waals surface area (Å²) in [6.07, 6.45) is 8.00. The van der Waals surface area contributed by atoms with Crippen LogP contribution in [-0.2, 0) is 0 Å². The monoisotopic (exact) mass is 70.1 g/mol. The Hall–Kier alpha value is -0.700. The minimum atomic E-state index is 0. The van der Waals surface area contributed by atoms with Crippen LogP contribution < -0.4 is 0 Å². The summed E-state index contributed by atoms with van der Waals surface area (Å²) >= 11 is 0. The van der Waals surface area contributed by atoms with E-state index < -0.39 is 0 Å². The molecule has 0 heterocycles. The van der Waals surface area contributed by atoms with Crippen molar-refractivity contribution in [3.8, 4) is 12.8 Å². The van der Waals surface area contributed by atoms with Gasteiger partial charge in [-0.3, -0.25) is 0 Å². The van der Waals surface area contributed by atoms with Crippen molar-refractivity contribution < 1.29 is 0 Å². The maximum absolute atomic E-state index is 4.00. The minimum absolute atomic E-state index is 0. The highest BCUT2D eigenvalue weighted by Gasteiger charge is 0.601. The van der Waals surface area contributed by atoms with E-state index in [9.17, 15) is 0 Å². The number of terminal acetylenes is 1. The molecule has 0 aromatic carbocycles. The molecule has 0 nitrogen and oxygen atoms in total. The van der Waals surface area contributed by atoms with Crippen LogP contribution in [0.1, 0.15) is 7.43 Å². The first-order valence-electron chi connectivity index (χ1n) is 0.833. The Morgan fingerprint density at radius 3 is 1.00 bits per heavy atom. The summed E-state index contributed by atoms with van der Waals surface area (Å²) in [5.41, 5.74) is 0. The van der Waals surface area contributed by atoms with E-state index in [1.54, 1.807) is 0 Å². The van der Waals surface area contributed by atoms with Gasteiger partial charge in [-0.1, -0.05) is 7.43 Å². The predicted octanol–water partition coefficient (Wildman–Crippen LogP) is 1.69. The van der Waals surface area contributed by atoms with Gasteiger partial charge in [0.1, 0.15) is 0 Å². The lowest BCUT2D eigenvalue weighted by Gasteiger charge is -0.813. The first kappa shape index (κ1) is 27.7. The predicted molar refractivity (Wildman–Crippen MR) is 27.9 cm³/mol. The van der Waals surface area contributed by atoms with E-state index in [4.69, 9.17) is 0 Å². The molecule has 0 fully saturated rings. The molecular weight excluding hydrogens is 60.1 g/mol. The average Bonchev–Trinajstić information content (AvgIpc) is 1.50. The van der Waals surface area contributed by atoms with Crippen LogP contribution in [0.3, 0.4) is 0 Å². The zero-order chi connectivity index (χ0) is 4.00. The molecule has 0 spiro atoms. The lowest BCUT2D eigenvalue weighted by molar-refractivity contribution is 2.50. The van der Waals surface area contributed by atoms with Crippen molar-refractivity contribution >= 4 is 0 Å². The molecule has 0 saturated carbocycles. The van der Waals surface area contributed by atoms with Gasteiger partial charge in [0, 0.05) is 0 Å². The lowest BCUT2D eigenvalue weighted by atomic mass is 11.3. The highest BCUT2D eigenvalue weighted by Crippen LogP contribution is 0.862. The molecule has 0 saturated heterocycles. The standard InChI is InChI=1S/C2H4.C2H2.CH4/c2*1-2;/h1-2H2;1-2H;1H4. The van der Waals surface area contributed by atoms with Crippen molar-refractivity contribution in [3.05, 3.63) is 13.2 Å². The maximum Gasteiger partial charge on any atom is -0.0776 e. The molecule has 30 valence electrons. The van der Waals surface area contributed by atoms with Gasteiger partial charge in [-0.05, 0) is 0 Å². The molecule has 0 bridgehead atoms. The summed E-state index contributed by atoms with van der Waals surface area (Å²) in [5.74, 6) is 0. The van der Waals surface area contributed by atoms with Gasteiger partial charge in [-0.2, -0.15) is 0 Å². The van der Waals surface area contributed by atoms with Crippen LogP contribution in [0.25, 0.3) is 0 Å². The third kappa shape index (κ3) is 11.4. The Balaban J connectivity index is -0.0000000133. The largest absolute Gasteiger partial charge is 0.124 e. The molecule has 0 amide bonds. The third-order valence-electron chi connectivity index (χ3n) is 0. The Labute approximate surface area is 34.5 Å². The van der Waals surface area contributed by atoms with Gasteiger partial charge in [0.05, 0.1) is 0 Å². The Kier molecular flexibility index (Phi) is 197. The second-order valence-corrected chi connectivity index (χ2v) is 0. The zero-order valence-corrected chi connectivity index (χ0v) is 2.57.